The Morgan fingerprint density at radius 2 is 1.90 bits per heavy atom. The summed E-state index contributed by atoms with van der Waals surface area (Å²) in [5.41, 5.74) is 3.54. The Kier molecular flexibility index (Phi) is 4.78. The molecule has 7 nitrogen and oxygen atoms in total. The van der Waals surface area contributed by atoms with Crippen molar-refractivity contribution in [3.05, 3.63) is 78.3 Å². The Morgan fingerprint density at radius 3 is 2.65 bits per heavy atom. The molecule has 0 spiro atoms. The molecule has 0 saturated carbocycles. The van der Waals surface area contributed by atoms with Gasteiger partial charge in [0.25, 0.3) is 5.91 Å². The highest BCUT2D eigenvalue weighted by molar-refractivity contribution is 6.05. The molecule has 4 aromatic rings. The number of furan rings is 1. The Hall–Kier alpha value is -3.87. The number of amides is 2. The van der Waals surface area contributed by atoms with Crippen LogP contribution in [0.15, 0.2) is 71.3 Å². The Labute approximate surface area is 179 Å². The van der Waals surface area contributed by atoms with Gasteiger partial charge in [-0.25, -0.2) is 4.98 Å². The summed E-state index contributed by atoms with van der Waals surface area (Å²) in [5, 5.41) is 2.91. The third-order valence-electron chi connectivity index (χ3n) is 5.60. The van der Waals surface area contributed by atoms with Gasteiger partial charge in [0, 0.05) is 5.69 Å². The lowest BCUT2D eigenvalue weighted by atomic mass is 10.1. The third-order valence-corrected chi connectivity index (χ3v) is 5.60. The largest absolute Gasteiger partial charge is 0.467 e. The standard InChI is InChI=1S/C24H22N4O3/c1-2-16-9-11-17(12-10-16)25-22(29)14-21-23(30)27(15-18-6-5-13-31-18)24-26-19-7-3-4-8-20(19)28(21)24/h3-13,21H,2,14-15H2,1H3,(H,25,29). The summed E-state index contributed by atoms with van der Waals surface area (Å²) in [6, 6.07) is 18.3. The van der Waals surface area contributed by atoms with Gasteiger partial charge in [-0.2, -0.15) is 0 Å². The second kappa shape index (κ2) is 7.75. The molecule has 5 rings (SSSR count). The number of rotatable bonds is 6. The van der Waals surface area contributed by atoms with Gasteiger partial charge >= 0.3 is 0 Å². The van der Waals surface area contributed by atoms with E-state index in [1.54, 1.807) is 17.2 Å². The quantitative estimate of drug-likeness (QED) is 0.510. The van der Waals surface area contributed by atoms with Crippen molar-refractivity contribution >= 4 is 34.5 Å². The SMILES string of the molecule is CCc1ccc(NC(=O)CC2C(=O)N(Cc3ccco3)c3nc4ccccc4n32)cc1. The molecule has 0 radical (unpaired) electrons. The lowest BCUT2D eigenvalue weighted by Gasteiger charge is -2.15. The summed E-state index contributed by atoms with van der Waals surface area (Å²) in [6.07, 6.45) is 2.54. The number of hydrogen-bond donors (Lipinski definition) is 1. The minimum Gasteiger partial charge on any atom is -0.467 e. The summed E-state index contributed by atoms with van der Waals surface area (Å²) in [6.45, 7) is 2.35. The lowest BCUT2D eigenvalue weighted by molar-refractivity contribution is -0.124. The molecule has 0 aliphatic carbocycles. The molecule has 31 heavy (non-hydrogen) atoms. The number of nitrogens with one attached hydrogen (secondary N) is 1. The van der Waals surface area contributed by atoms with E-state index in [-0.39, 0.29) is 24.8 Å². The molecule has 7 heteroatoms. The number of carbonyl (C=O) groups is 2. The average molecular weight is 414 g/mol. The Bertz CT molecular complexity index is 1240. The maximum Gasteiger partial charge on any atom is 0.253 e. The van der Waals surface area contributed by atoms with Gasteiger partial charge in [0.15, 0.2) is 0 Å². The van der Waals surface area contributed by atoms with Crippen LogP contribution >= 0.6 is 0 Å². The van der Waals surface area contributed by atoms with E-state index in [9.17, 15) is 9.59 Å². The van der Waals surface area contributed by atoms with E-state index in [4.69, 9.17) is 4.42 Å². The Morgan fingerprint density at radius 1 is 1.10 bits per heavy atom. The molecule has 0 fully saturated rings. The van der Waals surface area contributed by atoms with Crippen molar-refractivity contribution in [2.24, 2.45) is 0 Å². The van der Waals surface area contributed by atoms with Gasteiger partial charge in [0.05, 0.1) is 30.3 Å². The molecule has 1 aliphatic heterocycles. The van der Waals surface area contributed by atoms with Crippen molar-refractivity contribution in [2.45, 2.75) is 32.4 Å². The molecule has 1 unspecified atom stereocenters. The number of hydrogen-bond acceptors (Lipinski definition) is 4. The molecule has 1 N–H and O–H groups in total. The first-order chi connectivity index (χ1) is 15.1. The maximum atomic E-state index is 13.3. The van der Waals surface area contributed by atoms with Crippen molar-refractivity contribution in [1.29, 1.82) is 0 Å². The van der Waals surface area contributed by atoms with Gasteiger partial charge < -0.3 is 9.73 Å². The van der Waals surface area contributed by atoms with E-state index in [0.29, 0.717) is 11.7 Å². The molecular weight excluding hydrogens is 392 g/mol. The minimum absolute atomic E-state index is 0.0242. The zero-order valence-corrected chi connectivity index (χ0v) is 17.1. The number of benzene rings is 2. The molecule has 3 heterocycles. The van der Waals surface area contributed by atoms with Crippen LogP contribution in [0.3, 0.4) is 0 Å². The van der Waals surface area contributed by atoms with Crippen LogP contribution in [0.5, 0.6) is 0 Å². The first-order valence-corrected chi connectivity index (χ1v) is 10.3. The smallest absolute Gasteiger partial charge is 0.253 e. The van der Waals surface area contributed by atoms with Crippen LogP contribution in [0.1, 0.15) is 30.7 Å². The number of imidazole rings is 1. The highest BCUT2D eigenvalue weighted by Crippen LogP contribution is 2.37. The van der Waals surface area contributed by atoms with Gasteiger partial charge in [-0.05, 0) is 48.4 Å². The van der Waals surface area contributed by atoms with Crippen molar-refractivity contribution in [1.82, 2.24) is 9.55 Å². The van der Waals surface area contributed by atoms with E-state index in [2.05, 4.69) is 17.2 Å². The number of fused-ring (bicyclic) bond motifs is 3. The number of para-hydroxylation sites is 2. The lowest BCUT2D eigenvalue weighted by Crippen LogP contribution is -2.31. The third kappa shape index (κ3) is 3.48. The van der Waals surface area contributed by atoms with Crippen LogP contribution in [-0.4, -0.2) is 21.4 Å². The van der Waals surface area contributed by atoms with Gasteiger partial charge in [-0.3, -0.25) is 19.1 Å². The van der Waals surface area contributed by atoms with E-state index < -0.39 is 6.04 Å². The zero-order valence-electron chi connectivity index (χ0n) is 17.1. The van der Waals surface area contributed by atoms with Crippen molar-refractivity contribution in [3.8, 4) is 0 Å². The van der Waals surface area contributed by atoms with E-state index in [1.807, 2.05) is 59.2 Å². The molecule has 2 aromatic heterocycles. The molecular formula is C24H22N4O3. The predicted molar refractivity (Wildman–Crippen MR) is 118 cm³/mol. The first kappa shape index (κ1) is 19.1. The number of aromatic nitrogens is 2. The topological polar surface area (TPSA) is 80.4 Å². The summed E-state index contributed by atoms with van der Waals surface area (Å²) in [7, 11) is 0. The minimum atomic E-state index is -0.660. The van der Waals surface area contributed by atoms with Crippen molar-refractivity contribution in [3.63, 3.8) is 0 Å². The summed E-state index contributed by atoms with van der Waals surface area (Å²) in [5.74, 6) is 0.813. The van der Waals surface area contributed by atoms with E-state index in [1.165, 1.54) is 5.56 Å². The number of carbonyl (C=O) groups excluding carboxylic acids is 2. The van der Waals surface area contributed by atoms with Gasteiger partial charge in [0.1, 0.15) is 11.8 Å². The van der Waals surface area contributed by atoms with Crippen LogP contribution in [0, 0.1) is 0 Å². The maximum absolute atomic E-state index is 13.3. The van der Waals surface area contributed by atoms with Crippen molar-refractivity contribution in [2.75, 3.05) is 10.2 Å². The second-order valence-electron chi connectivity index (χ2n) is 7.59. The van der Waals surface area contributed by atoms with Crippen LogP contribution in [0.25, 0.3) is 11.0 Å². The van der Waals surface area contributed by atoms with Gasteiger partial charge in [0.2, 0.25) is 11.9 Å². The number of anilines is 2. The normalized spacial score (nSPS) is 15.5. The van der Waals surface area contributed by atoms with Crippen LogP contribution in [0.4, 0.5) is 11.6 Å². The fourth-order valence-electron chi connectivity index (χ4n) is 4.02. The van der Waals surface area contributed by atoms with Crippen molar-refractivity contribution < 1.29 is 14.0 Å². The molecule has 156 valence electrons. The molecule has 2 aromatic carbocycles. The van der Waals surface area contributed by atoms with E-state index >= 15 is 0 Å². The average Bonchev–Trinajstić information content (AvgIpc) is 3.48. The summed E-state index contributed by atoms with van der Waals surface area (Å²) >= 11 is 0. The van der Waals surface area contributed by atoms with Crippen LogP contribution < -0.4 is 10.2 Å². The highest BCUT2D eigenvalue weighted by atomic mass is 16.3. The highest BCUT2D eigenvalue weighted by Gasteiger charge is 2.41. The summed E-state index contributed by atoms with van der Waals surface area (Å²) in [4.78, 5) is 32.4. The van der Waals surface area contributed by atoms with Crippen LogP contribution in [0.2, 0.25) is 0 Å². The molecule has 0 bridgehead atoms. The number of nitrogens with zero attached hydrogens (tertiary/aromatic N) is 3. The zero-order chi connectivity index (χ0) is 21.4. The Balaban J connectivity index is 1.44. The molecule has 1 atom stereocenters. The monoisotopic (exact) mass is 414 g/mol. The fourth-order valence-corrected chi connectivity index (χ4v) is 4.02. The van der Waals surface area contributed by atoms with Gasteiger partial charge in [-0.1, -0.05) is 31.2 Å². The van der Waals surface area contributed by atoms with E-state index in [0.717, 1.165) is 23.1 Å². The van der Waals surface area contributed by atoms with Gasteiger partial charge in [-0.15, -0.1) is 0 Å². The number of aryl methyl sites for hydroxylation is 1. The molecule has 0 saturated heterocycles. The molecule has 2 amide bonds. The second-order valence-corrected chi connectivity index (χ2v) is 7.59. The predicted octanol–water partition coefficient (Wildman–Crippen LogP) is 4.31. The fraction of sp³-hybridized carbons (Fsp3) is 0.208. The van der Waals surface area contributed by atoms with Crippen LogP contribution in [-0.2, 0) is 22.6 Å². The molecule has 1 aliphatic rings. The summed E-state index contributed by atoms with van der Waals surface area (Å²) < 4.78 is 7.30. The first-order valence-electron chi connectivity index (χ1n) is 10.3.